The molecule has 12 nitrogen and oxygen atoms in total. The lowest BCUT2D eigenvalue weighted by atomic mass is 10.1. The van der Waals surface area contributed by atoms with Gasteiger partial charge in [0.1, 0.15) is 30.1 Å². The molecular weight excluding hydrogens is 336 g/mol. The van der Waals surface area contributed by atoms with Crippen LogP contribution in [-0.2, 0) is 14.4 Å². The Balaban J connectivity index is 1.90. The van der Waals surface area contributed by atoms with Crippen molar-refractivity contribution in [2.75, 3.05) is 12.3 Å². The molecule has 1 aliphatic rings. The molecule has 12 heteroatoms. The Labute approximate surface area is 141 Å². The van der Waals surface area contributed by atoms with Gasteiger partial charge in [0, 0.05) is 0 Å². The molecule has 3 heterocycles. The third-order valence-electron chi connectivity index (χ3n) is 3.91. The summed E-state index contributed by atoms with van der Waals surface area (Å²) < 4.78 is 7.11. The van der Waals surface area contributed by atoms with E-state index in [1.807, 2.05) is 0 Å². The quantitative estimate of drug-likeness (QED) is 0.363. The second kappa shape index (κ2) is 6.85. The van der Waals surface area contributed by atoms with Crippen LogP contribution in [0.3, 0.4) is 0 Å². The molecule has 3 rings (SSSR count). The molecule has 1 aliphatic heterocycles. The Morgan fingerprint density at radius 1 is 1.52 bits per heavy atom. The first-order valence-corrected chi connectivity index (χ1v) is 7.45. The number of anilines is 1. The van der Waals surface area contributed by atoms with Gasteiger partial charge in [-0.15, -0.1) is 0 Å². The van der Waals surface area contributed by atoms with E-state index in [1.54, 1.807) is 0 Å². The van der Waals surface area contributed by atoms with Crippen LogP contribution in [0.2, 0.25) is 0 Å². The van der Waals surface area contributed by atoms with Crippen molar-refractivity contribution >= 4 is 23.0 Å². The largest absolute Gasteiger partial charge is 0.480 e. The van der Waals surface area contributed by atoms with E-state index < -0.39 is 43.2 Å². The summed E-state index contributed by atoms with van der Waals surface area (Å²) in [5.74, 6) is -0.951. The van der Waals surface area contributed by atoms with E-state index >= 15 is 0 Å². The van der Waals surface area contributed by atoms with Crippen LogP contribution < -0.4 is 11.2 Å². The highest BCUT2D eigenvalue weighted by Crippen LogP contribution is 2.33. The number of hydrogen-bond acceptors (Lipinski definition) is 10. The number of hydrogen-bond donors (Lipinski definition) is 5. The number of carboxylic acid groups (broad SMARTS) is 1. The van der Waals surface area contributed by atoms with E-state index in [9.17, 15) is 15.0 Å². The Bertz CT molecular complexity index is 769. The Hall–Kier alpha value is -2.38. The second-order valence-corrected chi connectivity index (χ2v) is 5.58. The summed E-state index contributed by atoms with van der Waals surface area (Å²) in [4.78, 5) is 28.3. The van der Waals surface area contributed by atoms with Gasteiger partial charge in [-0.1, -0.05) is 0 Å². The van der Waals surface area contributed by atoms with Crippen molar-refractivity contribution in [3.8, 4) is 0 Å². The summed E-state index contributed by atoms with van der Waals surface area (Å²) in [6, 6.07) is -1.02. The van der Waals surface area contributed by atoms with Gasteiger partial charge in [-0.2, -0.15) is 5.48 Å². The maximum Gasteiger partial charge on any atom is 0.322 e. The van der Waals surface area contributed by atoms with E-state index in [0.29, 0.717) is 11.2 Å². The molecule has 0 amide bonds. The average Bonchev–Trinajstić information content (AvgIpc) is 3.14. The van der Waals surface area contributed by atoms with Gasteiger partial charge in [-0.25, -0.2) is 15.0 Å². The average molecular weight is 354 g/mol. The number of fused-ring (bicyclic) bond motifs is 1. The fourth-order valence-electron chi connectivity index (χ4n) is 2.51. The minimum absolute atomic E-state index is 0.177. The summed E-state index contributed by atoms with van der Waals surface area (Å²) in [6.07, 6.45) is -1.42. The standard InChI is InChI=1S/C13H18N6O6/c1-5(13(22)23)18-25-9-8(21)6(2-20)24-12(9)19-4-17-7-10(14)15-3-16-11(7)19/h3-6,8-9,12,18,20-21H,2H2,1H3,(H,22,23)(H2,14,15,16)/t5?,6-,8-,9-,12-/m1/s1. The second-order valence-electron chi connectivity index (χ2n) is 5.58. The van der Waals surface area contributed by atoms with Gasteiger partial charge in [0.2, 0.25) is 0 Å². The van der Waals surface area contributed by atoms with Crippen molar-refractivity contribution in [3.63, 3.8) is 0 Å². The Morgan fingerprint density at radius 2 is 2.28 bits per heavy atom. The number of ether oxygens (including phenoxy) is 1. The third-order valence-corrected chi connectivity index (χ3v) is 3.91. The highest BCUT2D eigenvalue weighted by atomic mass is 16.7. The molecular formula is C13H18N6O6. The van der Waals surface area contributed by atoms with Gasteiger partial charge < -0.3 is 25.8 Å². The fourth-order valence-corrected chi connectivity index (χ4v) is 2.51. The number of rotatable bonds is 6. The van der Waals surface area contributed by atoms with Gasteiger partial charge in [-0.05, 0) is 6.92 Å². The predicted molar refractivity (Wildman–Crippen MR) is 81.8 cm³/mol. The maximum atomic E-state index is 10.9. The molecule has 25 heavy (non-hydrogen) atoms. The number of carboxylic acids is 1. The number of imidazole rings is 1. The Morgan fingerprint density at radius 3 is 2.96 bits per heavy atom. The van der Waals surface area contributed by atoms with Crippen LogP contribution in [0.25, 0.3) is 11.2 Å². The van der Waals surface area contributed by atoms with Crippen molar-refractivity contribution in [1.29, 1.82) is 0 Å². The molecule has 1 saturated heterocycles. The van der Waals surface area contributed by atoms with Crippen molar-refractivity contribution in [1.82, 2.24) is 25.0 Å². The normalized spacial score (nSPS) is 27.6. The van der Waals surface area contributed by atoms with Crippen LogP contribution in [0, 0.1) is 0 Å². The zero-order chi connectivity index (χ0) is 18.1. The first-order valence-electron chi connectivity index (χ1n) is 7.45. The van der Waals surface area contributed by atoms with Crippen LogP contribution in [0.5, 0.6) is 0 Å². The first kappa shape index (κ1) is 17.4. The van der Waals surface area contributed by atoms with E-state index in [0.717, 1.165) is 0 Å². The first-order chi connectivity index (χ1) is 11.9. The van der Waals surface area contributed by atoms with E-state index in [1.165, 1.54) is 24.1 Å². The van der Waals surface area contributed by atoms with Gasteiger partial charge in [-0.3, -0.25) is 14.2 Å². The zero-order valence-electron chi connectivity index (χ0n) is 13.2. The molecule has 0 bridgehead atoms. The summed E-state index contributed by atoms with van der Waals surface area (Å²) in [5, 5.41) is 28.6. The van der Waals surface area contributed by atoms with E-state index in [4.69, 9.17) is 20.4 Å². The number of aromatic nitrogens is 4. The number of nitrogens with zero attached hydrogens (tertiary/aromatic N) is 4. The molecule has 0 spiro atoms. The summed E-state index contributed by atoms with van der Waals surface area (Å²) in [5.41, 5.74) is 8.78. The van der Waals surface area contributed by atoms with Crippen molar-refractivity contribution < 1.29 is 29.7 Å². The van der Waals surface area contributed by atoms with Crippen LogP contribution >= 0.6 is 0 Å². The number of nitrogens with one attached hydrogen (secondary N) is 1. The molecule has 0 aromatic carbocycles. The fraction of sp³-hybridized carbons (Fsp3) is 0.538. The molecule has 2 aromatic rings. The van der Waals surface area contributed by atoms with Crippen LogP contribution in [0.15, 0.2) is 12.7 Å². The van der Waals surface area contributed by atoms with Crippen LogP contribution in [0.4, 0.5) is 5.82 Å². The van der Waals surface area contributed by atoms with Gasteiger partial charge in [0.15, 0.2) is 23.8 Å². The highest BCUT2D eigenvalue weighted by molar-refractivity contribution is 5.81. The topological polar surface area (TPSA) is 178 Å². The zero-order valence-corrected chi connectivity index (χ0v) is 13.2. The number of nitrogen functional groups attached to an aromatic ring is 1. The number of nitrogens with two attached hydrogens (primary N) is 1. The van der Waals surface area contributed by atoms with Crippen molar-refractivity contribution in [3.05, 3.63) is 12.7 Å². The van der Waals surface area contributed by atoms with E-state index in [-0.39, 0.29) is 5.82 Å². The van der Waals surface area contributed by atoms with E-state index in [2.05, 4.69) is 20.4 Å². The Kier molecular flexibility index (Phi) is 4.78. The lowest BCUT2D eigenvalue weighted by Crippen LogP contribution is -2.43. The number of aliphatic carboxylic acids is 1. The maximum absolute atomic E-state index is 10.9. The summed E-state index contributed by atoms with van der Waals surface area (Å²) in [7, 11) is 0. The van der Waals surface area contributed by atoms with Crippen molar-refractivity contribution in [2.45, 2.75) is 37.5 Å². The number of carbonyl (C=O) groups is 1. The van der Waals surface area contributed by atoms with Crippen molar-refractivity contribution in [2.24, 2.45) is 0 Å². The predicted octanol–water partition coefficient (Wildman–Crippen LogP) is -1.98. The lowest BCUT2D eigenvalue weighted by molar-refractivity contribution is -0.152. The van der Waals surface area contributed by atoms with Crippen LogP contribution in [0.1, 0.15) is 13.2 Å². The minimum Gasteiger partial charge on any atom is -0.480 e. The molecule has 2 aromatic heterocycles. The van der Waals surface area contributed by atoms with Crippen LogP contribution in [-0.4, -0.2) is 71.8 Å². The van der Waals surface area contributed by atoms with Gasteiger partial charge in [0.25, 0.3) is 0 Å². The minimum atomic E-state index is -1.21. The highest BCUT2D eigenvalue weighted by Gasteiger charge is 2.46. The number of aliphatic hydroxyl groups is 2. The molecule has 0 saturated carbocycles. The number of aliphatic hydroxyl groups excluding tert-OH is 2. The SMILES string of the molecule is CC(NO[C@@H]1[C@H](O)[C@@H](CO)O[C@H]1n1cnc2c(N)ncnc21)C(=O)O. The molecule has 5 atom stereocenters. The van der Waals surface area contributed by atoms with Gasteiger partial charge in [0.05, 0.1) is 12.9 Å². The molecule has 136 valence electrons. The monoisotopic (exact) mass is 354 g/mol. The molecule has 0 aliphatic carbocycles. The smallest absolute Gasteiger partial charge is 0.322 e. The van der Waals surface area contributed by atoms with Gasteiger partial charge >= 0.3 is 5.97 Å². The summed E-state index contributed by atoms with van der Waals surface area (Å²) >= 11 is 0. The third kappa shape index (κ3) is 3.12. The molecule has 1 fully saturated rings. The molecule has 0 radical (unpaired) electrons. The molecule has 1 unspecified atom stereocenters. The summed E-state index contributed by atoms with van der Waals surface area (Å²) in [6.45, 7) is 0.930. The number of hydroxylamine groups is 1. The lowest BCUT2D eigenvalue weighted by Gasteiger charge is -2.23. The molecule has 6 N–H and O–H groups in total.